The van der Waals surface area contributed by atoms with Gasteiger partial charge < -0.3 is 26.0 Å². The van der Waals surface area contributed by atoms with Gasteiger partial charge in [0.05, 0.1) is 6.04 Å². The first-order chi connectivity index (χ1) is 14.1. The van der Waals surface area contributed by atoms with Gasteiger partial charge in [-0.15, -0.1) is 0 Å². The minimum absolute atomic E-state index is 0.177. The third-order valence-corrected chi connectivity index (χ3v) is 8.65. The van der Waals surface area contributed by atoms with Gasteiger partial charge in [0.1, 0.15) is 0 Å². The van der Waals surface area contributed by atoms with E-state index in [0.717, 1.165) is 63.6 Å². The van der Waals surface area contributed by atoms with E-state index in [2.05, 4.69) is 5.32 Å². The third-order valence-electron chi connectivity index (χ3n) is 8.65. The molecular weight excluding hydrogens is 365 g/mol. The molecule has 4 fully saturated rings. The third kappa shape index (κ3) is 4.84. The highest BCUT2D eigenvalue weighted by atomic mass is 16.4. The van der Waals surface area contributed by atoms with Gasteiger partial charge in [-0.25, -0.2) is 0 Å². The molecule has 2 saturated heterocycles. The summed E-state index contributed by atoms with van der Waals surface area (Å²) in [5.41, 5.74) is 5.92. The molecule has 2 saturated carbocycles. The van der Waals surface area contributed by atoms with Crippen LogP contribution in [-0.2, 0) is 4.79 Å². The van der Waals surface area contributed by atoms with Crippen LogP contribution in [0.1, 0.15) is 70.6 Å². The van der Waals surface area contributed by atoms with Crippen molar-refractivity contribution < 1.29 is 14.8 Å². The first kappa shape index (κ1) is 21.6. The Morgan fingerprint density at radius 2 is 1.72 bits per heavy atom. The van der Waals surface area contributed by atoms with Gasteiger partial charge in [-0.05, 0) is 81.0 Å². The lowest BCUT2D eigenvalue weighted by molar-refractivity contribution is -0.136. The standard InChI is InChI=1S/C22H40BN3O3/c24-14-15-4-3-5-17(12-15)16-8-10-26(11-9-16)22(27)21-13-19(23(28)29)18-6-1-2-7-20(18)25-21/h15-21,25,28-29H,1-14,24H2. The molecule has 0 radical (unpaired) electrons. The zero-order valence-corrected chi connectivity index (χ0v) is 17.8. The molecule has 6 unspecified atom stereocenters. The van der Waals surface area contributed by atoms with Crippen LogP contribution in [-0.4, -0.2) is 59.7 Å². The zero-order chi connectivity index (χ0) is 20.4. The van der Waals surface area contributed by atoms with Crippen molar-refractivity contribution in [2.45, 2.75) is 88.5 Å². The van der Waals surface area contributed by atoms with Crippen molar-refractivity contribution in [2.24, 2.45) is 29.4 Å². The van der Waals surface area contributed by atoms with Gasteiger partial charge in [0.2, 0.25) is 5.91 Å². The normalized spacial score (nSPS) is 39.1. The molecule has 2 aliphatic carbocycles. The number of piperidine rings is 2. The Hall–Kier alpha value is -0.625. The van der Waals surface area contributed by atoms with Gasteiger partial charge in [-0.2, -0.15) is 0 Å². The average molecular weight is 405 g/mol. The van der Waals surface area contributed by atoms with Crippen molar-refractivity contribution in [3.8, 4) is 0 Å². The fraction of sp³-hybridized carbons (Fsp3) is 0.955. The summed E-state index contributed by atoms with van der Waals surface area (Å²) in [6, 6.07) is 0.000208. The Morgan fingerprint density at radius 1 is 0.966 bits per heavy atom. The maximum Gasteiger partial charge on any atom is 0.455 e. The molecule has 6 atom stereocenters. The van der Waals surface area contributed by atoms with Gasteiger partial charge in [0.15, 0.2) is 0 Å². The second kappa shape index (κ2) is 9.67. The highest BCUT2D eigenvalue weighted by molar-refractivity contribution is 6.43. The summed E-state index contributed by atoms with van der Waals surface area (Å²) in [6.07, 6.45) is 12.4. The Labute approximate surface area is 176 Å². The fourth-order valence-electron chi connectivity index (χ4n) is 6.95. The second-order valence-electron chi connectivity index (χ2n) is 10.3. The number of nitrogens with two attached hydrogens (primary N) is 1. The van der Waals surface area contributed by atoms with Crippen LogP contribution in [0.15, 0.2) is 0 Å². The molecule has 0 aromatic heterocycles. The van der Waals surface area contributed by atoms with E-state index >= 15 is 0 Å². The molecule has 5 N–H and O–H groups in total. The predicted molar refractivity (Wildman–Crippen MR) is 115 cm³/mol. The molecule has 4 aliphatic rings. The molecule has 2 aliphatic heterocycles. The minimum Gasteiger partial charge on any atom is -0.427 e. The number of hydrogen-bond donors (Lipinski definition) is 4. The second-order valence-corrected chi connectivity index (χ2v) is 10.3. The lowest BCUT2D eigenvalue weighted by atomic mass is 9.56. The molecule has 0 aromatic carbocycles. The van der Waals surface area contributed by atoms with Crippen LogP contribution in [0.25, 0.3) is 0 Å². The molecule has 0 spiro atoms. The van der Waals surface area contributed by atoms with Crippen LogP contribution in [0.4, 0.5) is 0 Å². The Bertz CT molecular complexity index is 555. The van der Waals surface area contributed by atoms with Crippen LogP contribution in [0.5, 0.6) is 0 Å². The largest absolute Gasteiger partial charge is 0.455 e. The molecule has 29 heavy (non-hydrogen) atoms. The number of nitrogens with one attached hydrogen (secondary N) is 1. The SMILES string of the molecule is NCC1CCCC(C2CCN(C(=O)C3CC(B(O)O)C4CCCCC4N3)CC2)C1. The zero-order valence-electron chi connectivity index (χ0n) is 17.8. The number of fused-ring (bicyclic) bond motifs is 1. The smallest absolute Gasteiger partial charge is 0.427 e. The van der Waals surface area contributed by atoms with Gasteiger partial charge in [-0.1, -0.05) is 25.7 Å². The monoisotopic (exact) mass is 405 g/mol. The van der Waals surface area contributed by atoms with E-state index in [1.807, 2.05) is 4.90 Å². The minimum atomic E-state index is -1.31. The van der Waals surface area contributed by atoms with E-state index in [0.29, 0.717) is 18.3 Å². The molecule has 6 nitrogen and oxygen atoms in total. The van der Waals surface area contributed by atoms with Crippen LogP contribution >= 0.6 is 0 Å². The molecular formula is C22H40BN3O3. The van der Waals surface area contributed by atoms with Gasteiger partial charge >= 0.3 is 7.12 Å². The Kier molecular flexibility index (Phi) is 7.20. The average Bonchev–Trinajstić information content (AvgIpc) is 2.78. The van der Waals surface area contributed by atoms with Gasteiger partial charge in [0, 0.05) is 19.1 Å². The molecule has 4 rings (SSSR count). The van der Waals surface area contributed by atoms with E-state index in [4.69, 9.17) is 5.73 Å². The van der Waals surface area contributed by atoms with Crippen molar-refractivity contribution in [3.05, 3.63) is 0 Å². The summed E-state index contributed by atoms with van der Waals surface area (Å²) in [5.74, 6) is 2.53. The topological polar surface area (TPSA) is 98.8 Å². The predicted octanol–water partition coefficient (Wildman–Crippen LogP) is 1.75. The fourth-order valence-corrected chi connectivity index (χ4v) is 6.95. The van der Waals surface area contributed by atoms with E-state index in [-0.39, 0.29) is 23.8 Å². The van der Waals surface area contributed by atoms with Crippen LogP contribution < -0.4 is 11.1 Å². The van der Waals surface area contributed by atoms with Crippen LogP contribution in [0.2, 0.25) is 5.82 Å². The number of rotatable bonds is 4. The summed E-state index contributed by atoms with van der Waals surface area (Å²) in [6.45, 7) is 2.53. The maximum atomic E-state index is 13.3. The lowest BCUT2D eigenvalue weighted by Gasteiger charge is -2.46. The first-order valence-corrected chi connectivity index (χ1v) is 12.2. The van der Waals surface area contributed by atoms with Crippen molar-refractivity contribution in [2.75, 3.05) is 19.6 Å². The summed E-state index contributed by atoms with van der Waals surface area (Å²) < 4.78 is 0. The number of nitrogens with zero attached hydrogens (tertiary/aromatic N) is 1. The number of likely N-dealkylation sites (tertiary alicyclic amines) is 1. The van der Waals surface area contributed by atoms with Crippen molar-refractivity contribution in [1.82, 2.24) is 10.2 Å². The molecule has 7 heteroatoms. The first-order valence-electron chi connectivity index (χ1n) is 12.2. The Morgan fingerprint density at radius 3 is 2.45 bits per heavy atom. The van der Waals surface area contributed by atoms with Gasteiger partial charge in [0.25, 0.3) is 0 Å². The van der Waals surface area contributed by atoms with Crippen molar-refractivity contribution in [3.63, 3.8) is 0 Å². The molecule has 0 aromatic rings. The van der Waals surface area contributed by atoms with Crippen molar-refractivity contribution >= 4 is 13.0 Å². The number of amides is 1. The van der Waals surface area contributed by atoms with Gasteiger partial charge in [-0.3, -0.25) is 4.79 Å². The maximum absolute atomic E-state index is 13.3. The van der Waals surface area contributed by atoms with Crippen molar-refractivity contribution in [1.29, 1.82) is 0 Å². The van der Waals surface area contributed by atoms with E-state index < -0.39 is 7.12 Å². The molecule has 1 amide bonds. The van der Waals surface area contributed by atoms with E-state index in [1.165, 1.54) is 32.1 Å². The Balaban J connectivity index is 1.32. The summed E-state index contributed by atoms with van der Waals surface area (Å²) >= 11 is 0. The lowest BCUT2D eigenvalue weighted by Crippen LogP contribution is -2.59. The highest BCUT2D eigenvalue weighted by Crippen LogP contribution is 2.42. The summed E-state index contributed by atoms with van der Waals surface area (Å²) in [5, 5.41) is 23.5. The number of hydrogen-bond acceptors (Lipinski definition) is 5. The summed E-state index contributed by atoms with van der Waals surface area (Å²) in [7, 11) is -1.31. The molecule has 164 valence electrons. The quantitative estimate of drug-likeness (QED) is 0.535. The highest BCUT2D eigenvalue weighted by Gasteiger charge is 2.46. The number of carbonyl (C=O) groups is 1. The molecule has 0 bridgehead atoms. The summed E-state index contributed by atoms with van der Waals surface area (Å²) in [4.78, 5) is 15.3. The van der Waals surface area contributed by atoms with E-state index in [1.54, 1.807) is 0 Å². The molecule has 2 heterocycles. The number of carbonyl (C=O) groups excluding carboxylic acids is 1. The van der Waals surface area contributed by atoms with E-state index in [9.17, 15) is 14.8 Å². The van der Waals surface area contributed by atoms with Crippen LogP contribution in [0.3, 0.4) is 0 Å². The van der Waals surface area contributed by atoms with Crippen LogP contribution in [0, 0.1) is 23.7 Å².